The Balaban J connectivity index is 1.35. The molecule has 12 heteroatoms. The van der Waals surface area contributed by atoms with E-state index in [9.17, 15) is 22.8 Å². The molecule has 0 radical (unpaired) electrons. The number of hydrogen-bond donors (Lipinski definition) is 1. The van der Waals surface area contributed by atoms with Gasteiger partial charge in [0.2, 0.25) is 5.82 Å². The highest BCUT2D eigenvalue weighted by atomic mass is 19.4. The molecule has 2 aliphatic heterocycles. The van der Waals surface area contributed by atoms with E-state index in [0.717, 1.165) is 32.4 Å². The molecule has 0 spiro atoms. The largest absolute Gasteiger partial charge is 0.471 e. The zero-order valence-corrected chi connectivity index (χ0v) is 17.8. The van der Waals surface area contributed by atoms with Crippen molar-refractivity contribution in [2.75, 3.05) is 39.4 Å². The lowest BCUT2D eigenvalue weighted by molar-refractivity contribution is -0.159. The number of carbonyl (C=O) groups is 2. The van der Waals surface area contributed by atoms with Crippen LogP contribution in [0.3, 0.4) is 0 Å². The van der Waals surface area contributed by atoms with E-state index in [1.807, 2.05) is 4.90 Å². The molecular weight excluding hydrogens is 443 g/mol. The van der Waals surface area contributed by atoms with E-state index in [1.165, 1.54) is 24.3 Å². The molecule has 9 nitrogen and oxygen atoms in total. The molecule has 2 aromatic rings. The van der Waals surface area contributed by atoms with Crippen molar-refractivity contribution >= 4 is 11.9 Å². The third-order valence-corrected chi connectivity index (χ3v) is 5.67. The van der Waals surface area contributed by atoms with Gasteiger partial charge in [0.25, 0.3) is 5.91 Å². The Bertz CT molecular complexity index is 973. The summed E-state index contributed by atoms with van der Waals surface area (Å²) in [5, 5.41) is 6.14. The molecule has 0 bridgehead atoms. The van der Waals surface area contributed by atoms with Crippen LogP contribution in [0, 0.1) is 0 Å². The van der Waals surface area contributed by atoms with Crippen LogP contribution in [0.2, 0.25) is 0 Å². The summed E-state index contributed by atoms with van der Waals surface area (Å²) < 4.78 is 47.6. The number of halogens is 3. The molecular formula is C21H24F3N5O4. The third-order valence-electron chi connectivity index (χ3n) is 5.67. The number of nitrogens with one attached hydrogen (secondary N) is 1. The van der Waals surface area contributed by atoms with Crippen LogP contribution in [0.4, 0.5) is 18.0 Å². The van der Waals surface area contributed by atoms with Crippen molar-refractivity contribution in [3.05, 3.63) is 35.7 Å². The maximum absolute atomic E-state index is 12.9. The van der Waals surface area contributed by atoms with Gasteiger partial charge >= 0.3 is 18.1 Å². The van der Waals surface area contributed by atoms with Crippen LogP contribution in [0.25, 0.3) is 11.4 Å². The Kier molecular flexibility index (Phi) is 6.82. The molecule has 0 aliphatic carbocycles. The highest BCUT2D eigenvalue weighted by molar-refractivity contribution is 5.94. The van der Waals surface area contributed by atoms with Gasteiger partial charge in [-0.2, -0.15) is 18.2 Å². The number of ether oxygens (including phenoxy) is 1. The minimum absolute atomic E-state index is 0.0278. The SMILES string of the molecule is O=C(NC[C@@H]1COCCN1C(=O)N1CCCCC1)c1ccc(-c2noc(C(F)(F)F)n2)cc1. The maximum atomic E-state index is 12.9. The van der Waals surface area contributed by atoms with E-state index in [-0.39, 0.29) is 35.9 Å². The molecule has 1 atom stereocenters. The molecule has 33 heavy (non-hydrogen) atoms. The molecule has 2 fully saturated rings. The van der Waals surface area contributed by atoms with Gasteiger partial charge in [-0.3, -0.25) is 4.79 Å². The predicted molar refractivity (Wildman–Crippen MR) is 109 cm³/mol. The first kappa shape index (κ1) is 23.0. The van der Waals surface area contributed by atoms with Crippen LogP contribution in [0.1, 0.15) is 35.5 Å². The lowest BCUT2D eigenvalue weighted by Gasteiger charge is -2.40. The number of rotatable bonds is 4. The van der Waals surface area contributed by atoms with Crippen LogP contribution < -0.4 is 5.32 Å². The summed E-state index contributed by atoms with van der Waals surface area (Å²) in [6, 6.07) is 5.49. The first-order valence-electron chi connectivity index (χ1n) is 10.8. The van der Waals surface area contributed by atoms with Crippen LogP contribution in [-0.2, 0) is 10.9 Å². The average Bonchev–Trinajstić information content (AvgIpc) is 3.34. The molecule has 0 saturated carbocycles. The zero-order chi connectivity index (χ0) is 23.4. The Morgan fingerprint density at radius 1 is 1.09 bits per heavy atom. The van der Waals surface area contributed by atoms with Gasteiger partial charge in [-0.05, 0) is 31.4 Å². The second kappa shape index (κ2) is 9.77. The highest BCUT2D eigenvalue weighted by Gasteiger charge is 2.38. The zero-order valence-electron chi connectivity index (χ0n) is 17.8. The number of morpholine rings is 1. The summed E-state index contributed by atoms with van der Waals surface area (Å²) in [5.41, 5.74) is 0.591. The first-order chi connectivity index (χ1) is 15.8. The first-order valence-corrected chi connectivity index (χ1v) is 10.8. The smallest absolute Gasteiger partial charge is 0.377 e. The quantitative estimate of drug-likeness (QED) is 0.742. The fraction of sp³-hybridized carbons (Fsp3) is 0.524. The Hall–Kier alpha value is -3.15. The van der Waals surface area contributed by atoms with Gasteiger partial charge in [-0.25, -0.2) is 4.79 Å². The molecule has 1 aromatic carbocycles. The van der Waals surface area contributed by atoms with E-state index >= 15 is 0 Å². The Morgan fingerprint density at radius 2 is 1.82 bits per heavy atom. The van der Waals surface area contributed by atoms with Gasteiger partial charge in [0.15, 0.2) is 0 Å². The van der Waals surface area contributed by atoms with Crippen LogP contribution in [0.5, 0.6) is 0 Å². The van der Waals surface area contributed by atoms with Gasteiger partial charge in [0.1, 0.15) is 0 Å². The van der Waals surface area contributed by atoms with Crippen molar-refractivity contribution in [1.82, 2.24) is 25.3 Å². The van der Waals surface area contributed by atoms with Crippen molar-refractivity contribution in [2.45, 2.75) is 31.5 Å². The van der Waals surface area contributed by atoms with Crippen molar-refractivity contribution in [3.63, 3.8) is 0 Å². The molecule has 1 aromatic heterocycles. The summed E-state index contributed by atoms with van der Waals surface area (Å²) in [5.74, 6) is -2.03. The summed E-state index contributed by atoms with van der Waals surface area (Å²) in [7, 11) is 0. The van der Waals surface area contributed by atoms with Crippen molar-refractivity contribution in [3.8, 4) is 11.4 Å². The number of benzene rings is 1. The number of hydrogen-bond acceptors (Lipinski definition) is 6. The molecule has 178 valence electrons. The number of alkyl halides is 3. The number of urea groups is 1. The van der Waals surface area contributed by atoms with E-state index in [4.69, 9.17) is 4.74 Å². The summed E-state index contributed by atoms with van der Waals surface area (Å²) in [6.07, 6.45) is -1.61. The fourth-order valence-electron chi connectivity index (χ4n) is 3.88. The van der Waals surface area contributed by atoms with E-state index < -0.39 is 12.1 Å². The lowest BCUT2D eigenvalue weighted by atomic mass is 10.1. The Labute approximate surface area is 187 Å². The highest BCUT2D eigenvalue weighted by Crippen LogP contribution is 2.29. The predicted octanol–water partition coefficient (Wildman–Crippen LogP) is 2.79. The molecule has 4 rings (SSSR count). The molecule has 2 aliphatic rings. The van der Waals surface area contributed by atoms with Gasteiger partial charge < -0.3 is 24.4 Å². The van der Waals surface area contributed by atoms with Gasteiger partial charge in [0, 0.05) is 37.3 Å². The number of piperidine rings is 1. The normalized spacial score (nSPS) is 19.4. The fourth-order valence-corrected chi connectivity index (χ4v) is 3.88. The van der Waals surface area contributed by atoms with Gasteiger partial charge in [-0.1, -0.05) is 17.3 Å². The van der Waals surface area contributed by atoms with Crippen LogP contribution >= 0.6 is 0 Å². The number of carbonyl (C=O) groups excluding carboxylic acids is 2. The van der Waals surface area contributed by atoms with Gasteiger partial charge in [0.05, 0.1) is 19.3 Å². The van der Waals surface area contributed by atoms with Gasteiger partial charge in [-0.15, -0.1) is 0 Å². The standard InChI is InChI=1S/C21H24F3N5O4/c22-21(23,24)19-26-17(27-33-19)14-4-6-15(7-5-14)18(30)25-12-16-13-32-11-10-29(16)20(31)28-8-2-1-3-9-28/h4-7,16H,1-3,8-13H2,(H,25,30)/t16-/m1/s1. The minimum atomic E-state index is -4.73. The summed E-state index contributed by atoms with van der Waals surface area (Å²) >= 11 is 0. The van der Waals surface area contributed by atoms with Crippen molar-refractivity contribution in [1.29, 1.82) is 0 Å². The second-order valence-corrected chi connectivity index (χ2v) is 7.96. The number of amides is 3. The summed E-state index contributed by atoms with van der Waals surface area (Å²) in [4.78, 5) is 32.4. The Morgan fingerprint density at radius 3 is 2.48 bits per heavy atom. The van der Waals surface area contributed by atoms with Crippen LogP contribution in [-0.4, -0.2) is 77.3 Å². The minimum Gasteiger partial charge on any atom is -0.377 e. The number of aromatic nitrogens is 2. The number of nitrogens with zero attached hydrogens (tertiary/aromatic N) is 4. The third kappa shape index (κ3) is 5.44. The molecule has 2 saturated heterocycles. The summed E-state index contributed by atoms with van der Waals surface area (Å²) in [6.45, 7) is 2.96. The molecule has 0 unspecified atom stereocenters. The topological polar surface area (TPSA) is 101 Å². The molecule has 3 heterocycles. The number of likely N-dealkylation sites (tertiary alicyclic amines) is 1. The van der Waals surface area contributed by atoms with Crippen LogP contribution in [0.15, 0.2) is 28.8 Å². The lowest BCUT2D eigenvalue weighted by Crippen LogP contribution is -2.57. The van der Waals surface area contributed by atoms with Crippen molar-refractivity contribution < 1.29 is 32.0 Å². The molecule has 1 N–H and O–H groups in total. The molecule has 3 amide bonds. The monoisotopic (exact) mass is 467 g/mol. The van der Waals surface area contributed by atoms with E-state index in [0.29, 0.717) is 25.3 Å². The second-order valence-electron chi connectivity index (χ2n) is 7.96. The van der Waals surface area contributed by atoms with Crippen molar-refractivity contribution in [2.24, 2.45) is 0 Å². The van der Waals surface area contributed by atoms with E-state index in [2.05, 4.69) is 20.0 Å². The average molecular weight is 467 g/mol. The van der Waals surface area contributed by atoms with E-state index in [1.54, 1.807) is 4.90 Å². The maximum Gasteiger partial charge on any atom is 0.471 e.